The Balaban J connectivity index is -0.00000108. The van der Waals surface area contributed by atoms with E-state index in [1.807, 2.05) is 26.0 Å². The van der Waals surface area contributed by atoms with Crippen LogP contribution in [0.2, 0.25) is 0 Å². The normalized spacial score (nSPS) is 9.19. The molecule has 0 aliphatic carbocycles. The number of nitrogens with zero attached hydrogens (tertiary/aromatic N) is 1. The summed E-state index contributed by atoms with van der Waals surface area (Å²) in [5.41, 5.74) is 9.37. The molecule has 1 rings (SSSR count). The van der Waals surface area contributed by atoms with Gasteiger partial charge >= 0.3 is 0 Å². The number of rotatable bonds is 5. The van der Waals surface area contributed by atoms with Crippen LogP contribution in [-0.2, 0) is 4.79 Å². The minimum Gasteiger partial charge on any atom is -0.412 e. The second-order valence-corrected chi connectivity index (χ2v) is 4.54. The minimum absolute atomic E-state index is 0. The number of hydrogen-bond donors (Lipinski definition) is 2. The third kappa shape index (κ3) is 7.52. The molecule has 7 heteroatoms. The smallest absolute Gasteiger partial charge is 0.238 e. The molecule has 1 aromatic rings. The van der Waals surface area contributed by atoms with Crippen LogP contribution in [0.1, 0.15) is 25.0 Å². The van der Waals surface area contributed by atoms with Gasteiger partial charge in [0.2, 0.25) is 5.91 Å². The number of aryl methyl sites for hydroxylation is 2. The zero-order valence-corrected chi connectivity index (χ0v) is 14.7. The maximum Gasteiger partial charge on any atom is 0.238 e. The number of anilines is 2. The topological polar surface area (TPSA) is 89.9 Å². The Labute approximate surface area is 139 Å². The quantitative estimate of drug-likeness (QED) is 0.805. The van der Waals surface area contributed by atoms with Crippen molar-refractivity contribution < 1.29 is 10.3 Å². The zero-order valence-electron chi connectivity index (χ0n) is 13.0. The van der Waals surface area contributed by atoms with Gasteiger partial charge in [-0.05, 0) is 50.2 Å². The van der Waals surface area contributed by atoms with Gasteiger partial charge in [0.05, 0.1) is 6.54 Å². The van der Waals surface area contributed by atoms with Gasteiger partial charge in [0, 0.05) is 11.4 Å². The molecule has 0 bridgehead atoms. The molecule has 0 saturated carbocycles. The highest BCUT2D eigenvalue weighted by Crippen LogP contribution is 2.23. The largest absolute Gasteiger partial charge is 0.412 e. The number of carbonyl (C=O) groups is 1. The first-order chi connectivity index (χ1) is 8.47. The Morgan fingerprint density at radius 3 is 1.95 bits per heavy atom. The van der Waals surface area contributed by atoms with Crippen molar-refractivity contribution in [1.82, 2.24) is 4.90 Å². The number of amides is 1. The lowest BCUT2D eigenvalue weighted by Crippen LogP contribution is -2.33. The van der Waals surface area contributed by atoms with Gasteiger partial charge in [-0.25, -0.2) is 0 Å². The van der Waals surface area contributed by atoms with E-state index in [2.05, 4.69) is 24.1 Å². The van der Waals surface area contributed by atoms with Crippen LogP contribution >= 0.6 is 24.8 Å². The van der Waals surface area contributed by atoms with E-state index in [1.54, 1.807) is 0 Å². The summed E-state index contributed by atoms with van der Waals surface area (Å²) in [6, 6.07) is 3.75. The predicted molar refractivity (Wildman–Crippen MR) is 94.9 cm³/mol. The average Bonchev–Trinajstić information content (AvgIpc) is 2.30. The van der Waals surface area contributed by atoms with E-state index in [-0.39, 0.29) is 36.2 Å². The standard InChI is InChI=1S/C14H23N3O.2ClH.H2O/c1-5-17(6-2)9-13(18)16-14-10(3)7-12(15)8-11(14)4;;;/h7-8H,5-6,9,15H2,1-4H3,(H,16,18);2*1H;1H2. The van der Waals surface area contributed by atoms with Crippen molar-refractivity contribution in [3.05, 3.63) is 23.3 Å². The summed E-state index contributed by atoms with van der Waals surface area (Å²) in [5.74, 6) is 0.0228. The molecule has 0 spiro atoms. The van der Waals surface area contributed by atoms with Crippen LogP contribution in [0.3, 0.4) is 0 Å². The summed E-state index contributed by atoms with van der Waals surface area (Å²) in [6.45, 7) is 10.2. The molecule has 0 fully saturated rings. The summed E-state index contributed by atoms with van der Waals surface area (Å²) in [7, 11) is 0. The average molecular weight is 340 g/mol. The molecule has 0 aliphatic rings. The Kier molecular flexibility index (Phi) is 13.8. The molecule has 0 heterocycles. The van der Waals surface area contributed by atoms with Gasteiger partial charge in [-0.1, -0.05) is 13.8 Å². The van der Waals surface area contributed by atoms with Crippen LogP contribution in [0.4, 0.5) is 11.4 Å². The summed E-state index contributed by atoms with van der Waals surface area (Å²) in [6.07, 6.45) is 0. The molecule has 0 unspecified atom stereocenters. The van der Waals surface area contributed by atoms with E-state index in [0.717, 1.165) is 35.6 Å². The minimum atomic E-state index is 0. The number of nitrogens with one attached hydrogen (secondary N) is 1. The van der Waals surface area contributed by atoms with Gasteiger partial charge in [0.1, 0.15) is 0 Å². The Morgan fingerprint density at radius 2 is 1.57 bits per heavy atom. The lowest BCUT2D eigenvalue weighted by molar-refractivity contribution is -0.117. The fourth-order valence-corrected chi connectivity index (χ4v) is 2.02. The summed E-state index contributed by atoms with van der Waals surface area (Å²) >= 11 is 0. The van der Waals surface area contributed by atoms with Crippen molar-refractivity contribution in [1.29, 1.82) is 0 Å². The monoisotopic (exact) mass is 339 g/mol. The lowest BCUT2D eigenvalue weighted by atomic mass is 10.1. The second-order valence-electron chi connectivity index (χ2n) is 4.54. The van der Waals surface area contributed by atoms with Crippen LogP contribution in [0.5, 0.6) is 0 Å². The van der Waals surface area contributed by atoms with Gasteiger partial charge in [-0.3, -0.25) is 9.69 Å². The summed E-state index contributed by atoms with van der Waals surface area (Å²) in [5, 5.41) is 2.97. The first-order valence-corrected chi connectivity index (χ1v) is 6.36. The van der Waals surface area contributed by atoms with Gasteiger partial charge in [0.25, 0.3) is 0 Å². The van der Waals surface area contributed by atoms with Crippen LogP contribution in [-0.4, -0.2) is 35.9 Å². The molecule has 21 heavy (non-hydrogen) atoms. The third-order valence-electron chi connectivity index (χ3n) is 3.08. The van der Waals surface area contributed by atoms with E-state index >= 15 is 0 Å². The van der Waals surface area contributed by atoms with Gasteiger partial charge in [0.15, 0.2) is 0 Å². The first-order valence-electron chi connectivity index (χ1n) is 6.36. The van der Waals surface area contributed by atoms with Crippen molar-refractivity contribution in [2.24, 2.45) is 0 Å². The van der Waals surface area contributed by atoms with Crippen LogP contribution < -0.4 is 11.1 Å². The van der Waals surface area contributed by atoms with E-state index in [0.29, 0.717) is 6.54 Å². The van der Waals surface area contributed by atoms with Crippen LogP contribution in [0.25, 0.3) is 0 Å². The fraction of sp³-hybridized carbons (Fsp3) is 0.500. The number of nitrogen functional groups attached to an aromatic ring is 1. The molecule has 124 valence electrons. The fourth-order valence-electron chi connectivity index (χ4n) is 2.02. The van der Waals surface area contributed by atoms with Gasteiger partial charge in [-0.2, -0.15) is 0 Å². The van der Waals surface area contributed by atoms with Gasteiger partial charge < -0.3 is 16.5 Å². The predicted octanol–water partition coefficient (Wildman–Crippen LogP) is 2.18. The van der Waals surface area contributed by atoms with E-state index in [9.17, 15) is 4.79 Å². The maximum absolute atomic E-state index is 11.9. The Bertz CT molecular complexity index is 415. The first kappa shape index (κ1) is 25.0. The molecule has 0 aliphatic heterocycles. The zero-order chi connectivity index (χ0) is 13.7. The van der Waals surface area contributed by atoms with Crippen molar-refractivity contribution in [3.8, 4) is 0 Å². The highest BCUT2D eigenvalue weighted by molar-refractivity contribution is 5.94. The van der Waals surface area contributed by atoms with E-state index in [4.69, 9.17) is 5.73 Å². The molecular formula is C14H27Cl2N3O2. The van der Waals surface area contributed by atoms with Crippen molar-refractivity contribution in [3.63, 3.8) is 0 Å². The van der Waals surface area contributed by atoms with Gasteiger partial charge in [-0.15, -0.1) is 24.8 Å². The van der Waals surface area contributed by atoms with E-state index in [1.165, 1.54) is 0 Å². The third-order valence-corrected chi connectivity index (χ3v) is 3.08. The second kappa shape index (κ2) is 11.6. The number of benzene rings is 1. The van der Waals surface area contributed by atoms with Crippen molar-refractivity contribution in [2.45, 2.75) is 27.7 Å². The van der Waals surface area contributed by atoms with E-state index < -0.39 is 0 Å². The van der Waals surface area contributed by atoms with Crippen molar-refractivity contribution >= 4 is 42.1 Å². The maximum atomic E-state index is 11.9. The Hall–Kier alpha value is -1.01. The molecule has 0 radical (unpaired) electrons. The SMILES string of the molecule is CCN(CC)CC(=O)Nc1c(C)cc(N)cc1C.Cl.Cl.O. The molecule has 0 aromatic heterocycles. The highest BCUT2D eigenvalue weighted by atomic mass is 35.5. The molecule has 5 N–H and O–H groups in total. The summed E-state index contributed by atoms with van der Waals surface area (Å²) in [4.78, 5) is 14.0. The highest BCUT2D eigenvalue weighted by Gasteiger charge is 2.10. The van der Waals surface area contributed by atoms with Crippen molar-refractivity contribution in [2.75, 3.05) is 30.7 Å². The van der Waals surface area contributed by atoms with Crippen LogP contribution in [0.15, 0.2) is 12.1 Å². The number of halogens is 2. The molecule has 5 nitrogen and oxygen atoms in total. The molecule has 1 amide bonds. The van der Waals surface area contributed by atoms with Crippen LogP contribution in [0, 0.1) is 13.8 Å². The summed E-state index contributed by atoms with van der Waals surface area (Å²) < 4.78 is 0. The number of nitrogens with two attached hydrogens (primary N) is 1. The number of hydrogen-bond acceptors (Lipinski definition) is 3. The molecule has 0 atom stereocenters. The lowest BCUT2D eigenvalue weighted by Gasteiger charge is -2.18. The number of likely N-dealkylation sites (N-methyl/N-ethyl adjacent to an activating group) is 1. The molecule has 0 saturated heterocycles. The Morgan fingerprint density at radius 1 is 1.14 bits per heavy atom. The molecular weight excluding hydrogens is 313 g/mol. The molecule has 1 aromatic carbocycles. The number of carbonyl (C=O) groups excluding carboxylic acids is 1.